The number of aryl methyl sites for hydroxylation is 1. The Kier molecular flexibility index (Phi) is 3.82. The molecule has 1 heterocycles. The topological polar surface area (TPSA) is 38.4 Å². The van der Waals surface area contributed by atoms with Gasteiger partial charge in [-0.1, -0.05) is 6.07 Å². The first-order valence-electron chi connectivity index (χ1n) is 5.91. The van der Waals surface area contributed by atoms with Gasteiger partial charge in [-0.2, -0.15) is 12.6 Å². The number of hydrogen-bond donors (Lipinski definition) is 1. The fourth-order valence-electron chi connectivity index (χ4n) is 2.20. The molecule has 98 valence electrons. The van der Waals surface area contributed by atoms with Crippen LogP contribution in [0.3, 0.4) is 0 Å². The van der Waals surface area contributed by atoms with Crippen molar-refractivity contribution in [1.29, 1.82) is 0 Å². The molecule has 0 saturated heterocycles. The van der Waals surface area contributed by atoms with Crippen molar-refractivity contribution in [3.8, 4) is 0 Å². The molecule has 0 fully saturated rings. The lowest BCUT2D eigenvalue weighted by Crippen LogP contribution is -2.20. The average molecular weight is 266 g/mol. The predicted molar refractivity (Wildman–Crippen MR) is 76.4 cm³/mol. The van der Waals surface area contributed by atoms with Crippen LogP contribution in [0.2, 0.25) is 0 Å². The van der Waals surface area contributed by atoms with Crippen LogP contribution in [0.4, 0.5) is 0 Å². The summed E-state index contributed by atoms with van der Waals surface area (Å²) in [7, 11) is 5.82. The summed E-state index contributed by atoms with van der Waals surface area (Å²) < 4.78 is 6.67. The number of thiol groups is 1. The van der Waals surface area contributed by atoms with Gasteiger partial charge in [-0.3, -0.25) is 4.57 Å². The molecular formula is C13H18N2O2S. The maximum Gasteiger partial charge on any atom is 0.419 e. The average Bonchev–Trinajstić information content (AvgIpc) is 2.62. The Balaban J connectivity index is 2.51. The fourth-order valence-corrected chi connectivity index (χ4v) is 2.44. The summed E-state index contributed by atoms with van der Waals surface area (Å²) in [5.41, 5.74) is 2.65. The first-order chi connectivity index (χ1) is 8.54. The first kappa shape index (κ1) is 13.2. The lowest BCUT2D eigenvalue weighted by molar-refractivity contribution is 0.294. The van der Waals surface area contributed by atoms with Gasteiger partial charge in [0.25, 0.3) is 0 Å². The lowest BCUT2D eigenvalue weighted by atomic mass is 10.0. The first-order valence-corrected chi connectivity index (χ1v) is 6.54. The number of oxazole rings is 1. The Morgan fingerprint density at radius 1 is 1.44 bits per heavy atom. The van der Waals surface area contributed by atoms with E-state index in [2.05, 4.69) is 17.5 Å². The molecular weight excluding hydrogens is 248 g/mol. The molecule has 0 N–H and O–H groups in total. The van der Waals surface area contributed by atoms with Crippen molar-refractivity contribution < 1.29 is 4.42 Å². The summed E-state index contributed by atoms with van der Waals surface area (Å²) in [6.07, 6.45) is 0.966. The van der Waals surface area contributed by atoms with Crippen molar-refractivity contribution >= 4 is 23.7 Å². The minimum absolute atomic E-state index is 0.303. The standard InChI is InChI=1S/C13H18N2O2S/c1-14(2)10(6-7-18)9-4-5-12-11(8-9)15(3)13(16)17-12/h4-5,8,10,18H,6-7H2,1-3H3. The van der Waals surface area contributed by atoms with Gasteiger partial charge < -0.3 is 9.32 Å². The van der Waals surface area contributed by atoms with Crippen LogP contribution < -0.4 is 5.76 Å². The van der Waals surface area contributed by atoms with Gasteiger partial charge in [-0.25, -0.2) is 4.79 Å². The Morgan fingerprint density at radius 2 is 2.17 bits per heavy atom. The SMILES string of the molecule is CN(C)C(CCS)c1ccc2oc(=O)n(C)c2c1. The van der Waals surface area contributed by atoms with Crippen molar-refractivity contribution in [2.75, 3.05) is 19.8 Å². The highest BCUT2D eigenvalue weighted by Crippen LogP contribution is 2.25. The minimum Gasteiger partial charge on any atom is -0.408 e. The lowest BCUT2D eigenvalue weighted by Gasteiger charge is -2.24. The van der Waals surface area contributed by atoms with Crippen LogP contribution in [0.1, 0.15) is 18.0 Å². The van der Waals surface area contributed by atoms with Crippen LogP contribution >= 0.6 is 12.6 Å². The van der Waals surface area contributed by atoms with Crippen LogP contribution in [0, 0.1) is 0 Å². The molecule has 2 rings (SSSR count). The van der Waals surface area contributed by atoms with E-state index in [0.29, 0.717) is 11.6 Å². The van der Waals surface area contributed by atoms with E-state index in [0.717, 1.165) is 17.7 Å². The van der Waals surface area contributed by atoms with Crippen LogP contribution in [0.5, 0.6) is 0 Å². The van der Waals surface area contributed by atoms with E-state index in [1.165, 1.54) is 10.1 Å². The van der Waals surface area contributed by atoms with Gasteiger partial charge in [0.05, 0.1) is 5.52 Å². The van der Waals surface area contributed by atoms with Gasteiger partial charge >= 0.3 is 5.76 Å². The van der Waals surface area contributed by atoms with Gasteiger partial charge in [-0.15, -0.1) is 0 Å². The smallest absolute Gasteiger partial charge is 0.408 e. The molecule has 18 heavy (non-hydrogen) atoms. The van der Waals surface area contributed by atoms with Crippen molar-refractivity contribution in [3.05, 3.63) is 34.3 Å². The van der Waals surface area contributed by atoms with Crippen molar-refractivity contribution in [1.82, 2.24) is 9.47 Å². The van der Waals surface area contributed by atoms with E-state index in [1.807, 2.05) is 32.3 Å². The van der Waals surface area contributed by atoms with Crippen LogP contribution in [0.25, 0.3) is 11.1 Å². The summed E-state index contributed by atoms with van der Waals surface area (Å²) in [6, 6.07) is 6.20. The number of hydrogen-bond acceptors (Lipinski definition) is 4. The Labute approximate surface area is 112 Å². The molecule has 2 aromatic rings. The third kappa shape index (κ3) is 2.33. The highest BCUT2D eigenvalue weighted by Gasteiger charge is 2.15. The molecule has 0 aliphatic heterocycles. The molecule has 0 saturated carbocycles. The second-order valence-electron chi connectivity index (χ2n) is 4.65. The summed E-state index contributed by atoms with van der Waals surface area (Å²) >= 11 is 4.30. The largest absolute Gasteiger partial charge is 0.419 e. The highest BCUT2D eigenvalue weighted by atomic mass is 32.1. The van der Waals surface area contributed by atoms with E-state index in [-0.39, 0.29) is 5.76 Å². The summed E-state index contributed by atoms with van der Waals surface area (Å²) in [5.74, 6) is 0.503. The molecule has 0 bridgehead atoms. The van der Waals surface area contributed by atoms with E-state index < -0.39 is 0 Å². The zero-order valence-electron chi connectivity index (χ0n) is 10.9. The Hall–Kier alpha value is -1.20. The predicted octanol–water partition coefficient (Wildman–Crippen LogP) is 2.05. The molecule has 1 aromatic heterocycles. The van der Waals surface area contributed by atoms with Crippen molar-refractivity contribution in [2.45, 2.75) is 12.5 Å². The number of nitrogens with zero attached hydrogens (tertiary/aromatic N) is 2. The second-order valence-corrected chi connectivity index (χ2v) is 5.09. The summed E-state index contributed by atoms with van der Waals surface area (Å²) in [5, 5.41) is 0. The Bertz CT molecular complexity index is 601. The van der Waals surface area contributed by atoms with Crippen LogP contribution in [-0.4, -0.2) is 29.3 Å². The van der Waals surface area contributed by atoms with Gasteiger partial charge in [0.1, 0.15) is 0 Å². The number of fused-ring (bicyclic) bond motifs is 1. The van der Waals surface area contributed by atoms with Gasteiger partial charge in [0.15, 0.2) is 5.58 Å². The van der Waals surface area contributed by atoms with E-state index >= 15 is 0 Å². The monoisotopic (exact) mass is 266 g/mol. The number of rotatable bonds is 4. The normalized spacial score (nSPS) is 13.4. The molecule has 0 spiro atoms. The molecule has 1 unspecified atom stereocenters. The highest BCUT2D eigenvalue weighted by molar-refractivity contribution is 7.80. The van der Waals surface area contributed by atoms with Crippen molar-refractivity contribution in [3.63, 3.8) is 0 Å². The van der Waals surface area contributed by atoms with Gasteiger partial charge in [-0.05, 0) is 44.0 Å². The second kappa shape index (κ2) is 5.20. The maximum absolute atomic E-state index is 11.5. The molecule has 5 heteroatoms. The fraction of sp³-hybridized carbons (Fsp3) is 0.462. The number of benzene rings is 1. The number of aromatic nitrogens is 1. The Morgan fingerprint density at radius 3 is 2.78 bits per heavy atom. The van der Waals surface area contributed by atoms with Gasteiger partial charge in [0, 0.05) is 13.1 Å². The molecule has 0 amide bonds. The summed E-state index contributed by atoms with van der Waals surface area (Å²) in [4.78, 5) is 13.6. The quantitative estimate of drug-likeness (QED) is 0.861. The maximum atomic E-state index is 11.5. The third-order valence-electron chi connectivity index (χ3n) is 3.23. The van der Waals surface area contributed by atoms with Crippen LogP contribution in [0.15, 0.2) is 27.4 Å². The third-order valence-corrected chi connectivity index (χ3v) is 3.48. The van der Waals surface area contributed by atoms with Gasteiger partial charge in [0.2, 0.25) is 0 Å². The zero-order chi connectivity index (χ0) is 13.3. The minimum atomic E-state index is -0.322. The zero-order valence-corrected chi connectivity index (χ0v) is 11.8. The molecule has 0 aliphatic rings. The van der Waals surface area contributed by atoms with Crippen molar-refractivity contribution in [2.24, 2.45) is 7.05 Å². The molecule has 1 atom stereocenters. The molecule has 4 nitrogen and oxygen atoms in total. The van der Waals surface area contributed by atoms with Crippen LogP contribution in [-0.2, 0) is 7.05 Å². The molecule has 1 aromatic carbocycles. The summed E-state index contributed by atoms with van der Waals surface area (Å²) in [6.45, 7) is 0. The van der Waals surface area contributed by atoms with E-state index in [4.69, 9.17) is 4.42 Å². The van der Waals surface area contributed by atoms with E-state index in [1.54, 1.807) is 7.05 Å². The molecule has 0 radical (unpaired) electrons. The molecule has 0 aliphatic carbocycles. The van der Waals surface area contributed by atoms with E-state index in [9.17, 15) is 4.79 Å².